The second-order valence-electron chi connectivity index (χ2n) is 3.30. The first kappa shape index (κ1) is 10.3. The lowest BCUT2D eigenvalue weighted by Gasteiger charge is -1.79. The molecule has 82 valence electrons. The Labute approximate surface area is 91.0 Å². The second kappa shape index (κ2) is 4.52. The summed E-state index contributed by atoms with van der Waals surface area (Å²) < 4.78 is 0. The number of H-pyrrole nitrogens is 1. The van der Waals surface area contributed by atoms with Gasteiger partial charge in [-0.15, -0.1) is 5.10 Å². The molecule has 3 rings (SSSR count). The minimum absolute atomic E-state index is 0.148. The van der Waals surface area contributed by atoms with Crippen molar-refractivity contribution in [2.24, 2.45) is 0 Å². The summed E-state index contributed by atoms with van der Waals surface area (Å²) in [7, 11) is 0. The normalized spacial score (nSPS) is 14.5. The van der Waals surface area contributed by atoms with Gasteiger partial charge in [0.05, 0.1) is 5.52 Å². The Morgan fingerprint density at radius 1 is 1.06 bits per heavy atom. The van der Waals surface area contributed by atoms with Crippen LogP contribution in [0.1, 0.15) is 12.8 Å². The number of carbonyl (C=O) groups excluding carboxylic acids is 2. The summed E-state index contributed by atoms with van der Waals surface area (Å²) in [6, 6.07) is 7.74. The van der Waals surface area contributed by atoms with Crippen molar-refractivity contribution < 1.29 is 9.59 Å². The molecule has 16 heavy (non-hydrogen) atoms. The van der Waals surface area contributed by atoms with Gasteiger partial charge in [0.25, 0.3) is 0 Å². The van der Waals surface area contributed by atoms with E-state index in [9.17, 15) is 9.59 Å². The molecule has 1 aromatic heterocycles. The van der Waals surface area contributed by atoms with E-state index in [1.807, 2.05) is 24.3 Å². The van der Waals surface area contributed by atoms with Gasteiger partial charge in [-0.1, -0.05) is 17.3 Å². The number of fused-ring (bicyclic) bond motifs is 1. The highest BCUT2D eigenvalue weighted by Crippen LogP contribution is 2.03. The molecule has 2 aromatic rings. The molecule has 0 aliphatic carbocycles. The van der Waals surface area contributed by atoms with E-state index < -0.39 is 0 Å². The molecule has 0 spiro atoms. The third-order valence-electron chi connectivity index (χ3n) is 2.09. The van der Waals surface area contributed by atoms with Gasteiger partial charge in [-0.2, -0.15) is 0 Å². The lowest BCUT2D eigenvalue weighted by molar-refractivity contribution is -0.124. The van der Waals surface area contributed by atoms with Crippen molar-refractivity contribution in [2.45, 2.75) is 12.8 Å². The van der Waals surface area contributed by atoms with Crippen molar-refractivity contribution in [1.82, 2.24) is 20.7 Å². The first-order chi connectivity index (χ1) is 7.75. The summed E-state index contributed by atoms with van der Waals surface area (Å²) in [6.45, 7) is 0. The van der Waals surface area contributed by atoms with Crippen LogP contribution in [0.4, 0.5) is 0 Å². The molecule has 6 nitrogen and oxygen atoms in total. The predicted octanol–water partition coefficient (Wildman–Crippen LogP) is 0.381. The number of amides is 2. The van der Waals surface area contributed by atoms with Crippen molar-refractivity contribution in [3.05, 3.63) is 24.3 Å². The molecule has 0 unspecified atom stereocenters. The Kier molecular flexibility index (Phi) is 2.90. The van der Waals surface area contributed by atoms with Gasteiger partial charge in [-0.25, -0.2) is 0 Å². The SMILES string of the molecule is O=C1CCC(=O)N1.c1ccc2[nH]nnc2c1. The molecule has 2 amide bonds. The molecule has 6 heteroatoms. The van der Waals surface area contributed by atoms with Gasteiger partial charge in [-0.05, 0) is 12.1 Å². The van der Waals surface area contributed by atoms with Crippen LogP contribution in [-0.2, 0) is 9.59 Å². The first-order valence-corrected chi connectivity index (χ1v) is 4.84. The van der Waals surface area contributed by atoms with E-state index in [-0.39, 0.29) is 11.8 Å². The fraction of sp³-hybridized carbons (Fsp3) is 0.200. The number of hydrogen-bond donors (Lipinski definition) is 2. The minimum atomic E-state index is -0.148. The number of rotatable bonds is 0. The van der Waals surface area contributed by atoms with E-state index >= 15 is 0 Å². The van der Waals surface area contributed by atoms with Crippen molar-refractivity contribution in [3.8, 4) is 0 Å². The quantitative estimate of drug-likeness (QED) is 0.626. The van der Waals surface area contributed by atoms with Crippen molar-refractivity contribution in [3.63, 3.8) is 0 Å². The standard InChI is InChI=1S/C6H5N3.C4H5NO2/c1-2-4-6-5(3-1)7-9-8-6;6-3-1-2-4(7)5-3/h1-4H,(H,7,8,9);1-2H2,(H,5,6,7). The van der Waals surface area contributed by atoms with Crippen LogP contribution in [-0.4, -0.2) is 27.2 Å². The Balaban J connectivity index is 0.000000125. The fourth-order valence-electron chi connectivity index (χ4n) is 1.30. The topological polar surface area (TPSA) is 87.7 Å². The number of para-hydroxylation sites is 1. The maximum absolute atomic E-state index is 10.1. The molecule has 0 saturated carbocycles. The predicted molar refractivity (Wildman–Crippen MR) is 56.3 cm³/mol. The zero-order valence-electron chi connectivity index (χ0n) is 8.43. The van der Waals surface area contributed by atoms with Crippen LogP contribution in [0.5, 0.6) is 0 Å². The van der Waals surface area contributed by atoms with Crippen molar-refractivity contribution >= 4 is 22.8 Å². The molecule has 1 aliphatic rings. The maximum Gasteiger partial charge on any atom is 0.227 e. The molecular formula is C10H10N4O2. The van der Waals surface area contributed by atoms with Crippen LogP contribution >= 0.6 is 0 Å². The van der Waals surface area contributed by atoms with Gasteiger partial charge < -0.3 is 0 Å². The van der Waals surface area contributed by atoms with E-state index in [0.29, 0.717) is 12.8 Å². The Bertz CT molecular complexity index is 476. The zero-order chi connectivity index (χ0) is 11.4. The molecule has 0 bridgehead atoms. The number of benzene rings is 1. The summed E-state index contributed by atoms with van der Waals surface area (Å²) in [5, 5.41) is 12.3. The average Bonchev–Trinajstić information content (AvgIpc) is 2.88. The number of hydrogen-bond acceptors (Lipinski definition) is 4. The van der Waals surface area contributed by atoms with Gasteiger partial charge in [0.1, 0.15) is 5.52 Å². The van der Waals surface area contributed by atoms with Crippen LogP contribution in [0, 0.1) is 0 Å². The largest absolute Gasteiger partial charge is 0.296 e. The number of nitrogens with one attached hydrogen (secondary N) is 2. The lowest BCUT2D eigenvalue weighted by atomic mass is 10.3. The number of carbonyl (C=O) groups is 2. The summed E-state index contributed by atoms with van der Waals surface area (Å²) in [6.07, 6.45) is 0.748. The molecule has 0 atom stereocenters. The highest BCUT2D eigenvalue weighted by Gasteiger charge is 2.15. The average molecular weight is 218 g/mol. The first-order valence-electron chi connectivity index (χ1n) is 4.84. The van der Waals surface area contributed by atoms with Gasteiger partial charge >= 0.3 is 0 Å². The van der Waals surface area contributed by atoms with Gasteiger partial charge in [0, 0.05) is 12.8 Å². The lowest BCUT2D eigenvalue weighted by Crippen LogP contribution is -2.18. The molecule has 1 saturated heterocycles. The molecule has 2 N–H and O–H groups in total. The molecule has 1 fully saturated rings. The zero-order valence-corrected chi connectivity index (χ0v) is 8.43. The van der Waals surface area contributed by atoms with E-state index in [2.05, 4.69) is 20.7 Å². The Hall–Kier alpha value is -2.24. The highest BCUT2D eigenvalue weighted by atomic mass is 16.2. The van der Waals surface area contributed by atoms with Gasteiger partial charge in [-0.3, -0.25) is 20.0 Å². The van der Waals surface area contributed by atoms with Crippen molar-refractivity contribution in [1.29, 1.82) is 0 Å². The second-order valence-corrected chi connectivity index (χ2v) is 3.30. The summed E-state index contributed by atoms with van der Waals surface area (Å²) in [5.41, 5.74) is 1.90. The van der Waals surface area contributed by atoms with Gasteiger partial charge in [0.15, 0.2) is 0 Å². The van der Waals surface area contributed by atoms with Gasteiger partial charge in [0.2, 0.25) is 11.8 Å². The fourth-order valence-corrected chi connectivity index (χ4v) is 1.30. The third-order valence-corrected chi connectivity index (χ3v) is 2.09. The number of aromatic nitrogens is 3. The van der Waals surface area contributed by atoms with Crippen LogP contribution in [0.15, 0.2) is 24.3 Å². The Morgan fingerprint density at radius 3 is 2.31 bits per heavy atom. The van der Waals surface area contributed by atoms with Crippen LogP contribution in [0.25, 0.3) is 11.0 Å². The van der Waals surface area contributed by atoms with E-state index in [0.717, 1.165) is 11.0 Å². The van der Waals surface area contributed by atoms with Crippen LogP contribution in [0.2, 0.25) is 0 Å². The molecule has 0 radical (unpaired) electrons. The summed E-state index contributed by atoms with van der Waals surface area (Å²) in [4.78, 5) is 20.2. The van der Waals surface area contributed by atoms with Crippen molar-refractivity contribution in [2.75, 3.05) is 0 Å². The Morgan fingerprint density at radius 2 is 1.75 bits per heavy atom. The summed E-state index contributed by atoms with van der Waals surface area (Å²) >= 11 is 0. The minimum Gasteiger partial charge on any atom is -0.296 e. The molecule has 1 aromatic carbocycles. The van der Waals surface area contributed by atoms with E-state index in [4.69, 9.17) is 0 Å². The third kappa shape index (κ3) is 2.41. The highest BCUT2D eigenvalue weighted by molar-refractivity contribution is 6.01. The van der Waals surface area contributed by atoms with E-state index in [1.165, 1.54) is 0 Å². The van der Waals surface area contributed by atoms with Crippen LogP contribution in [0.3, 0.4) is 0 Å². The number of aromatic amines is 1. The molecular weight excluding hydrogens is 208 g/mol. The molecule has 1 aliphatic heterocycles. The number of nitrogens with zero attached hydrogens (tertiary/aromatic N) is 2. The monoisotopic (exact) mass is 218 g/mol. The van der Waals surface area contributed by atoms with E-state index in [1.54, 1.807) is 0 Å². The molecule has 2 heterocycles. The smallest absolute Gasteiger partial charge is 0.227 e. The number of imide groups is 1. The summed E-state index contributed by atoms with van der Waals surface area (Å²) in [5.74, 6) is -0.296. The maximum atomic E-state index is 10.1. The van der Waals surface area contributed by atoms with Crippen LogP contribution < -0.4 is 5.32 Å².